The van der Waals surface area contributed by atoms with Crippen LogP contribution in [0.1, 0.15) is 17.0 Å². The third-order valence-electron chi connectivity index (χ3n) is 3.74. The van der Waals surface area contributed by atoms with Crippen molar-refractivity contribution < 1.29 is 0 Å². The molecule has 2 aromatic rings. The molecule has 1 heteroatoms. The first kappa shape index (κ1) is 12.7. The summed E-state index contributed by atoms with van der Waals surface area (Å²) in [5.41, 5.74) is 4.07. The van der Waals surface area contributed by atoms with Crippen LogP contribution in [-0.2, 0) is 0 Å². The van der Waals surface area contributed by atoms with Gasteiger partial charge in [-0.2, -0.15) is 0 Å². The lowest BCUT2D eigenvalue weighted by Gasteiger charge is -2.24. The summed E-state index contributed by atoms with van der Waals surface area (Å²) in [5.74, 6) is 0.322. The number of hydrogen-bond acceptors (Lipinski definition) is 1. The molecule has 2 aromatic carbocycles. The average molecular weight is 261 g/mol. The predicted molar refractivity (Wildman–Crippen MR) is 84.6 cm³/mol. The molecule has 3 rings (SSSR count). The van der Waals surface area contributed by atoms with Crippen LogP contribution in [-0.4, -0.2) is 18.5 Å². The van der Waals surface area contributed by atoms with Crippen molar-refractivity contribution in [2.45, 2.75) is 5.92 Å². The first-order valence-electron chi connectivity index (χ1n) is 7.03. The molecule has 1 aliphatic heterocycles. The fourth-order valence-electron chi connectivity index (χ4n) is 2.67. The Labute approximate surface area is 120 Å². The van der Waals surface area contributed by atoms with Crippen LogP contribution in [0.25, 0.3) is 0 Å². The Hall–Kier alpha value is -2.28. The Kier molecular flexibility index (Phi) is 3.69. The second kappa shape index (κ2) is 5.79. The van der Waals surface area contributed by atoms with Gasteiger partial charge in [0.1, 0.15) is 0 Å². The molecule has 100 valence electrons. The van der Waals surface area contributed by atoms with Gasteiger partial charge in [-0.15, -0.1) is 0 Å². The summed E-state index contributed by atoms with van der Waals surface area (Å²) in [4.78, 5) is 2.19. The molecule has 0 aliphatic carbocycles. The van der Waals surface area contributed by atoms with Gasteiger partial charge in [0.15, 0.2) is 0 Å². The summed E-state index contributed by atoms with van der Waals surface area (Å²) in [6.45, 7) is 0.974. The van der Waals surface area contributed by atoms with E-state index < -0.39 is 0 Å². The molecule has 0 unspecified atom stereocenters. The SMILES string of the molecule is CN1C=CC(C(c2ccccc2)c2ccccc2)=CC1. The fourth-order valence-corrected chi connectivity index (χ4v) is 2.67. The van der Waals surface area contributed by atoms with E-state index in [9.17, 15) is 0 Å². The minimum absolute atomic E-state index is 0.322. The van der Waals surface area contributed by atoms with Crippen molar-refractivity contribution in [3.63, 3.8) is 0 Å². The highest BCUT2D eigenvalue weighted by Crippen LogP contribution is 2.33. The summed E-state index contributed by atoms with van der Waals surface area (Å²) >= 11 is 0. The van der Waals surface area contributed by atoms with Crippen LogP contribution in [0.5, 0.6) is 0 Å². The number of allylic oxidation sites excluding steroid dienone is 2. The molecular formula is C19H19N. The molecule has 0 atom stereocenters. The smallest absolute Gasteiger partial charge is 0.0356 e. The maximum atomic E-state index is 2.32. The van der Waals surface area contributed by atoms with Crippen molar-refractivity contribution in [3.05, 3.63) is 95.7 Å². The van der Waals surface area contributed by atoms with E-state index in [1.54, 1.807) is 0 Å². The third-order valence-corrected chi connectivity index (χ3v) is 3.74. The van der Waals surface area contributed by atoms with Gasteiger partial charge in [-0.25, -0.2) is 0 Å². The zero-order chi connectivity index (χ0) is 13.8. The highest BCUT2D eigenvalue weighted by atomic mass is 15.1. The topological polar surface area (TPSA) is 3.24 Å². The Morgan fingerprint density at radius 1 is 0.850 bits per heavy atom. The summed E-state index contributed by atoms with van der Waals surface area (Å²) in [6, 6.07) is 21.5. The second-order valence-corrected chi connectivity index (χ2v) is 5.21. The average Bonchev–Trinajstić information content (AvgIpc) is 2.52. The molecule has 0 saturated heterocycles. The van der Waals surface area contributed by atoms with Crippen LogP contribution < -0.4 is 0 Å². The predicted octanol–water partition coefficient (Wildman–Crippen LogP) is 4.20. The van der Waals surface area contributed by atoms with Crippen LogP contribution >= 0.6 is 0 Å². The molecule has 0 amide bonds. The van der Waals surface area contributed by atoms with Crippen molar-refractivity contribution in [1.82, 2.24) is 4.90 Å². The molecule has 0 fully saturated rings. The largest absolute Gasteiger partial charge is 0.377 e. The van der Waals surface area contributed by atoms with E-state index in [1.165, 1.54) is 16.7 Å². The Balaban J connectivity index is 2.03. The van der Waals surface area contributed by atoms with Gasteiger partial charge in [0.05, 0.1) is 0 Å². The number of hydrogen-bond donors (Lipinski definition) is 0. The molecule has 0 N–H and O–H groups in total. The summed E-state index contributed by atoms with van der Waals surface area (Å²) < 4.78 is 0. The van der Waals surface area contributed by atoms with Gasteiger partial charge in [0, 0.05) is 19.5 Å². The van der Waals surface area contributed by atoms with Crippen LogP contribution in [0.2, 0.25) is 0 Å². The third kappa shape index (κ3) is 2.67. The lowest BCUT2D eigenvalue weighted by atomic mass is 9.84. The van der Waals surface area contributed by atoms with Gasteiger partial charge in [0.2, 0.25) is 0 Å². The standard InChI is InChI=1S/C19H19N/c1-20-14-12-18(13-15-20)19(16-8-4-2-5-9-16)17-10-6-3-7-11-17/h2-14,19H,15H2,1H3. The first-order chi connectivity index (χ1) is 9.84. The molecule has 1 aliphatic rings. The van der Waals surface area contributed by atoms with Crippen LogP contribution in [0.15, 0.2) is 84.6 Å². The van der Waals surface area contributed by atoms with E-state index >= 15 is 0 Å². The number of benzene rings is 2. The van der Waals surface area contributed by atoms with Gasteiger partial charge in [-0.1, -0.05) is 66.7 Å². The molecule has 0 spiro atoms. The van der Waals surface area contributed by atoms with E-state index in [0.717, 1.165) is 6.54 Å². The molecule has 1 nitrogen and oxygen atoms in total. The Morgan fingerprint density at radius 3 is 1.85 bits per heavy atom. The summed E-state index contributed by atoms with van der Waals surface area (Å²) in [5, 5.41) is 0. The maximum Gasteiger partial charge on any atom is 0.0356 e. The fraction of sp³-hybridized carbons (Fsp3) is 0.158. The highest BCUT2D eigenvalue weighted by molar-refractivity contribution is 5.45. The van der Waals surface area contributed by atoms with Crippen LogP contribution in [0.4, 0.5) is 0 Å². The number of likely N-dealkylation sites (N-methyl/N-ethyl adjacent to an activating group) is 1. The quantitative estimate of drug-likeness (QED) is 0.800. The molecule has 0 aromatic heterocycles. The van der Waals surface area contributed by atoms with Gasteiger partial charge < -0.3 is 4.90 Å². The monoisotopic (exact) mass is 261 g/mol. The molecule has 1 heterocycles. The van der Waals surface area contributed by atoms with Gasteiger partial charge in [-0.3, -0.25) is 0 Å². The van der Waals surface area contributed by atoms with Crippen molar-refractivity contribution in [1.29, 1.82) is 0 Å². The van der Waals surface area contributed by atoms with E-state index in [0.29, 0.717) is 5.92 Å². The minimum atomic E-state index is 0.322. The zero-order valence-electron chi connectivity index (χ0n) is 11.7. The van der Waals surface area contributed by atoms with Crippen LogP contribution in [0.3, 0.4) is 0 Å². The number of rotatable bonds is 3. The van der Waals surface area contributed by atoms with Crippen molar-refractivity contribution in [3.8, 4) is 0 Å². The first-order valence-corrected chi connectivity index (χ1v) is 7.03. The summed E-state index contributed by atoms with van der Waals surface area (Å²) in [6.07, 6.45) is 6.72. The van der Waals surface area contributed by atoms with E-state index in [-0.39, 0.29) is 0 Å². The molecule has 0 bridgehead atoms. The van der Waals surface area contributed by atoms with Crippen LogP contribution in [0, 0.1) is 0 Å². The lowest BCUT2D eigenvalue weighted by Crippen LogP contribution is -2.16. The normalized spacial score (nSPS) is 14.5. The van der Waals surface area contributed by atoms with Gasteiger partial charge in [-0.05, 0) is 29.0 Å². The maximum absolute atomic E-state index is 2.32. The lowest BCUT2D eigenvalue weighted by molar-refractivity contribution is 0.500. The zero-order valence-corrected chi connectivity index (χ0v) is 11.7. The summed E-state index contributed by atoms with van der Waals surface area (Å²) in [7, 11) is 2.10. The molecule has 0 saturated carbocycles. The van der Waals surface area contributed by atoms with E-state index in [2.05, 4.69) is 91.0 Å². The molecule has 0 radical (unpaired) electrons. The highest BCUT2D eigenvalue weighted by Gasteiger charge is 2.18. The Morgan fingerprint density at radius 2 is 1.40 bits per heavy atom. The number of nitrogens with zero attached hydrogens (tertiary/aromatic N) is 1. The molecular weight excluding hydrogens is 242 g/mol. The van der Waals surface area contributed by atoms with E-state index in [4.69, 9.17) is 0 Å². The van der Waals surface area contributed by atoms with Crippen molar-refractivity contribution in [2.75, 3.05) is 13.6 Å². The Bertz CT molecular complexity index is 571. The van der Waals surface area contributed by atoms with Gasteiger partial charge >= 0.3 is 0 Å². The minimum Gasteiger partial charge on any atom is -0.377 e. The molecule has 20 heavy (non-hydrogen) atoms. The van der Waals surface area contributed by atoms with Crippen molar-refractivity contribution >= 4 is 0 Å². The van der Waals surface area contributed by atoms with Crippen molar-refractivity contribution in [2.24, 2.45) is 0 Å². The second-order valence-electron chi connectivity index (χ2n) is 5.21. The van der Waals surface area contributed by atoms with E-state index in [1.807, 2.05) is 0 Å². The van der Waals surface area contributed by atoms with Gasteiger partial charge in [0.25, 0.3) is 0 Å².